The van der Waals surface area contributed by atoms with E-state index in [0.29, 0.717) is 17.5 Å². The third-order valence-corrected chi connectivity index (χ3v) is 6.13. The number of hydrogen-bond acceptors (Lipinski definition) is 6. The number of rotatable bonds is 10. The van der Waals surface area contributed by atoms with E-state index < -0.39 is 0 Å². The summed E-state index contributed by atoms with van der Waals surface area (Å²) in [6, 6.07) is 25.4. The summed E-state index contributed by atoms with van der Waals surface area (Å²) in [5.74, 6) is 2.34. The highest BCUT2D eigenvalue weighted by Gasteiger charge is 2.18. The minimum Gasteiger partial charge on any atom is -0.497 e. The average molecular weight is 475 g/mol. The Bertz CT molecular complexity index is 1230. The van der Waals surface area contributed by atoms with Crippen LogP contribution in [0.3, 0.4) is 0 Å². The number of carbonyl (C=O) groups excluding carboxylic acids is 1. The topological polar surface area (TPSA) is 78.3 Å². The normalized spacial score (nSPS) is 10.6. The number of nitrogens with zero attached hydrogens (tertiary/aromatic N) is 3. The van der Waals surface area contributed by atoms with E-state index in [1.54, 1.807) is 14.2 Å². The fourth-order valence-corrected chi connectivity index (χ4v) is 4.23. The molecule has 7 nitrogen and oxygen atoms in total. The molecule has 1 amide bonds. The molecule has 0 aliphatic rings. The van der Waals surface area contributed by atoms with Gasteiger partial charge in [0.05, 0.1) is 25.7 Å². The van der Waals surface area contributed by atoms with Crippen LogP contribution >= 0.6 is 11.8 Å². The molecule has 0 bridgehead atoms. The van der Waals surface area contributed by atoms with E-state index in [-0.39, 0.29) is 11.7 Å². The SMILES string of the molecule is COc1ccc(-c2nnc(SCC(=O)NCCc3ccccc3)n2-c2cccc(OC)c2)cc1. The molecule has 0 saturated carbocycles. The van der Waals surface area contributed by atoms with E-state index in [2.05, 4.69) is 27.6 Å². The van der Waals surface area contributed by atoms with Crippen molar-refractivity contribution in [3.63, 3.8) is 0 Å². The van der Waals surface area contributed by atoms with Gasteiger partial charge < -0.3 is 14.8 Å². The number of aromatic nitrogens is 3. The van der Waals surface area contributed by atoms with E-state index in [1.807, 2.05) is 71.3 Å². The molecule has 0 aliphatic heterocycles. The van der Waals surface area contributed by atoms with Gasteiger partial charge in [0.1, 0.15) is 11.5 Å². The quantitative estimate of drug-likeness (QED) is 0.343. The van der Waals surface area contributed by atoms with Crippen LogP contribution in [0.25, 0.3) is 17.1 Å². The smallest absolute Gasteiger partial charge is 0.230 e. The first kappa shape index (κ1) is 23.4. The van der Waals surface area contributed by atoms with Gasteiger partial charge in [-0.2, -0.15) is 0 Å². The monoisotopic (exact) mass is 474 g/mol. The second-order valence-corrected chi connectivity index (χ2v) is 8.39. The molecule has 0 fully saturated rings. The Hall–Kier alpha value is -3.78. The fourth-order valence-electron chi connectivity index (χ4n) is 3.44. The Kier molecular flexibility index (Phi) is 7.83. The molecule has 0 atom stereocenters. The Morgan fingerprint density at radius 3 is 2.41 bits per heavy atom. The zero-order chi connectivity index (χ0) is 23.8. The van der Waals surface area contributed by atoms with Gasteiger partial charge in [0.15, 0.2) is 11.0 Å². The molecule has 3 aromatic carbocycles. The third kappa shape index (κ3) is 5.77. The minimum absolute atomic E-state index is 0.0490. The van der Waals surface area contributed by atoms with E-state index in [4.69, 9.17) is 9.47 Å². The van der Waals surface area contributed by atoms with Gasteiger partial charge in [-0.05, 0) is 48.4 Å². The molecule has 0 aliphatic carbocycles. The highest BCUT2D eigenvalue weighted by atomic mass is 32.2. The first-order valence-corrected chi connectivity index (χ1v) is 11.8. The third-order valence-electron chi connectivity index (χ3n) is 5.20. The first-order valence-electron chi connectivity index (χ1n) is 10.9. The van der Waals surface area contributed by atoms with Crippen LogP contribution in [0.1, 0.15) is 5.56 Å². The van der Waals surface area contributed by atoms with Crippen LogP contribution in [0.15, 0.2) is 84.0 Å². The van der Waals surface area contributed by atoms with Gasteiger partial charge in [-0.15, -0.1) is 10.2 Å². The standard InChI is InChI=1S/C26H26N4O3S/c1-32-22-13-11-20(12-14-22)25-28-29-26(30(25)21-9-6-10-23(17-21)33-2)34-18-24(31)27-16-15-19-7-4-3-5-8-19/h3-14,17H,15-16,18H2,1-2H3,(H,27,31). The number of benzene rings is 3. The molecular weight excluding hydrogens is 448 g/mol. The second kappa shape index (κ2) is 11.4. The second-order valence-electron chi connectivity index (χ2n) is 7.45. The van der Waals surface area contributed by atoms with E-state index in [1.165, 1.54) is 17.3 Å². The highest BCUT2D eigenvalue weighted by molar-refractivity contribution is 7.99. The number of hydrogen-bond donors (Lipinski definition) is 1. The summed E-state index contributed by atoms with van der Waals surface area (Å²) < 4.78 is 12.6. The Morgan fingerprint density at radius 2 is 1.68 bits per heavy atom. The lowest BCUT2D eigenvalue weighted by Gasteiger charge is -2.12. The van der Waals surface area contributed by atoms with Crippen LogP contribution in [-0.2, 0) is 11.2 Å². The number of amides is 1. The summed E-state index contributed by atoms with van der Waals surface area (Å²) in [6.07, 6.45) is 0.791. The van der Waals surface area contributed by atoms with Gasteiger partial charge in [0.2, 0.25) is 5.91 Å². The molecule has 4 aromatic rings. The van der Waals surface area contributed by atoms with Crippen molar-refractivity contribution in [1.29, 1.82) is 0 Å². The maximum absolute atomic E-state index is 12.5. The maximum Gasteiger partial charge on any atom is 0.230 e. The van der Waals surface area contributed by atoms with Crippen LogP contribution in [-0.4, -0.2) is 47.2 Å². The van der Waals surface area contributed by atoms with Crippen molar-refractivity contribution in [3.8, 4) is 28.6 Å². The molecule has 0 unspecified atom stereocenters. The summed E-state index contributed by atoms with van der Waals surface area (Å²) in [7, 11) is 3.26. The highest BCUT2D eigenvalue weighted by Crippen LogP contribution is 2.30. The molecule has 8 heteroatoms. The van der Waals surface area contributed by atoms with Crippen molar-refractivity contribution in [2.75, 3.05) is 26.5 Å². The van der Waals surface area contributed by atoms with Crippen LogP contribution in [0, 0.1) is 0 Å². The summed E-state index contributed by atoms with van der Waals surface area (Å²) >= 11 is 1.34. The van der Waals surface area contributed by atoms with Gasteiger partial charge in [-0.1, -0.05) is 48.2 Å². The number of ether oxygens (including phenoxy) is 2. The summed E-state index contributed by atoms with van der Waals surface area (Å²) in [4.78, 5) is 12.5. The molecule has 1 aromatic heterocycles. The Balaban J connectivity index is 1.52. The largest absolute Gasteiger partial charge is 0.497 e. The lowest BCUT2D eigenvalue weighted by Crippen LogP contribution is -2.27. The Morgan fingerprint density at radius 1 is 0.912 bits per heavy atom. The zero-order valence-electron chi connectivity index (χ0n) is 19.1. The van der Waals surface area contributed by atoms with E-state index >= 15 is 0 Å². The van der Waals surface area contributed by atoms with Crippen LogP contribution in [0.4, 0.5) is 0 Å². The summed E-state index contributed by atoms with van der Waals surface area (Å²) in [6.45, 7) is 0.586. The van der Waals surface area contributed by atoms with Crippen molar-refractivity contribution in [2.24, 2.45) is 0 Å². The Labute approximate surface area is 203 Å². The average Bonchev–Trinajstić information content (AvgIpc) is 3.32. The van der Waals surface area contributed by atoms with Crippen LogP contribution < -0.4 is 14.8 Å². The molecule has 174 valence electrons. The number of carbonyl (C=O) groups is 1. The molecule has 4 rings (SSSR count). The molecule has 1 heterocycles. The molecular formula is C26H26N4O3S. The number of methoxy groups -OCH3 is 2. The van der Waals surface area contributed by atoms with E-state index in [0.717, 1.165) is 29.2 Å². The van der Waals surface area contributed by atoms with Crippen LogP contribution in [0.2, 0.25) is 0 Å². The van der Waals surface area contributed by atoms with Gasteiger partial charge in [-0.25, -0.2) is 0 Å². The van der Waals surface area contributed by atoms with Crippen molar-refractivity contribution < 1.29 is 14.3 Å². The maximum atomic E-state index is 12.5. The fraction of sp³-hybridized carbons (Fsp3) is 0.192. The number of thioether (sulfide) groups is 1. The van der Waals surface area contributed by atoms with Crippen LogP contribution in [0.5, 0.6) is 11.5 Å². The van der Waals surface area contributed by atoms with Gasteiger partial charge in [0.25, 0.3) is 0 Å². The summed E-state index contributed by atoms with van der Waals surface area (Å²) in [5, 5.41) is 12.4. The van der Waals surface area contributed by atoms with Crippen molar-refractivity contribution in [1.82, 2.24) is 20.1 Å². The number of nitrogens with one attached hydrogen (secondary N) is 1. The zero-order valence-corrected chi connectivity index (χ0v) is 19.9. The van der Waals surface area contributed by atoms with E-state index in [9.17, 15) is 4.79 Å². The molecule has 1 N–H and O–H groups in total. The predicted molar refractivity (Wildman–Crippen MR) is 134 cm³/mol. The molecule has 0 spiro atoms. The molecule has 0 radical (unpaired) electrons. The molecule has 34 heavy (non-hydrogen) atoms. The van der Waals surface area contributed by atoms with Crippen molar-refractivity contribution >= 4 is 17.7 Å². The predicted octanol–water partition coefficient (Wildman–Crippen LogP) is 4.40. The minimum atomic E-state index is -0.0490. The lowest BCUT2D eigenvalue weighted by atomic mass is 10.1. The van der Waals surface area contributed by atoms with Crippen molar-refractivity contribution in [2.45, 2.75) is 11.6 Å². The van der Waals surface area contributed by atoms with Gasteiger partial charge >= 0.3 is 0 Å². The molecule has 0 saturated heterocycles. The van der Waals surface area contributed by atoms with Crippen molar-refractivity contribution in [3.05, 3.63) is 84.4 Å². The first-order chi connectivity index (χ1) is 16.7. The van der Waals surface area contributed by atoms with Gasteiger partial charge in [0, 0.05) is 18.2 Å². The summed E-state index contributed by atoms with van der Waals surface area (Å²) in [5.41, 5.74) is 2.93. The van der Waals surface area contributed by atoms with Gasteiger partial charge in [-0.3, -0.25) is 9.36 Å². The lowest BCUT2D eigenvalue weighted by molar-refractivity contribution is -0.118.